The molecule has 0 aromatic heterocycles. The van der Waals surface area contributed by atoms with Crippen LogP contribution in [0.15, 0.2) is 66.7 Å². The summed E-state index contributed by atoms with van der Waals surface area (Å²) in [6, 6.07) is 20.7. The minimum absolute atomic E-state index is 0. The number of benzene rings is 3. The molecule has 0 aliphatic carbocycles. The van der Waals surface area contributed by atoms with Crippen LogP contribution in [0.4, 0.5) is 10.1 Å². The van der Waals surface area contributed by atoms with Gasteiger partial charge >= 0.3 is 0 Å². The average molecular weight is 495 g/mol. The fourth-order valence-electron chi connectivity index (χ4n) is 5.89. The zero-order chi connectivity index (χ0) is 23.9. The predicted molar refractivity (Wildman–Crippen MR) is 140 cm³/mol. The topological polar surface area (TPSA) is 43.8 Å². The molecular weight excluding hydrogens is 463 g/mol. The van der Waals surface area contributed by atoms with Crippen LogP contribution in [0.25, 0.3) is 11.1 Å². The average Bonchev–Trinajstić information content (AvgIpc) is 3.12. The number of phenols is 1. The number of halogens is 2. The van der Waals surface area contributed by atoms with E-state index >= 15 is 0 Å². The fourth-order valence-corrected chi connectivity index (χ4v) is 5.89. The number of hydrogen-bond donors (Lipinski definition) is 1. The summed E-state index contributed by atoms with van der Waals surface area (Å²) in [5.41, 5.74) is 4.61. The van der Waals surface area contributed by atoms with Crippen LogP contribution in [0.2, 0.25) is 0 Å². The lowest BCUT2D eigenvalue weighted by Gasteiger charge is -2.48. The standard InChI is InChI=1S/C29H31FN2O2.ClH/c1-20-6-3-4-9-25(20)26-16-22(10-11-27(26)33)19-31-15-14-29(18-21(31)2)13-12-28(34)32(29)24-8-5-7-23(30)17-24;/h3-11,16-17,21,33H,12-15,18-19H2,1-2H3;1H/t21-,29+;/m0./s1. The quantitative estimate of drug-likeness (QED) is 0.451. The molecule has 2 atom stereocenters. The van der Waals surface area contributed by atoms with Crippen LogP contribution in [0.5, 0.6) is 5.75 Å². The van der Waals surface area contributed by atoms with E-state index in [-0.39, 0.29) is 35.7 Å². The van der Waals surface area contributed by atoms with E-state index in [1.807, 2.05) is 35.2 Å². The maximum Gasteiger partial charge on any atom is 0.227 e. The maximum absolute atomic E-state index is 13.9. The molecule has 6 heteroatoms. The van der Waals surface area contributed by atoms with Crippen molar-refractivity contribution in [2.75, 3.05) is 11.4 Å². The molecule has 0 saturated carbocycles. The van der Waals surface area contributed by atoms with E-state index in [1.165, 1.54) is 12.1 Å². The van der Waals surface area contributed by atoms with E-state index in [9.17, 15) is 14.3 Å². The summed E-state index contributed by atoms with van der Waals surface area (Å²) in [5, 5.41) is 10.5. The van der Waals surface area contributed by atoms with Gasteiger partial charge in [0, 0.05) is 36.8 Å². The van der Waals surface area contributed by atoms with Crippen molar-refractivity contribution in [3.05, 3.63) is 83.7 Å². The summed E-state index contributed by atoms with van der Waals surface area (Å²) < 4.78 is 13.9. The van der Waals surface area contributed by atoms with Crippen molar-refractivity contribution in [2.45, 2.75) is 57.7 Å². The highest BCUT2D eigenvalue weighted by atomic mass is 35.5. The first-order chi connectivity index (χ1) is 16.4. The number of hydrogen-bond acceptors (Lipinski definition) is 3. The Labute approximate surface area is 212 Å². The molecule has 1 amide bonds. The normalized spacial score (nSPS) is 22.4. The van der Waals surface area contributed by atoms with Gasteiger partial charge in [-0.25, -0.2) is 4.39 Å². The summed E-state index contributed by atoms with van der Waals surface area (Å²) in [6.07, 6.45) is 3.05. The first-order valence-electron chi connectivity index (χ1n) is 12.1. The number of piperidine rings is 1. The molecule has 2 aliphatic heterocycles. The van der Waals surface area contributed by atoms with Gasteiger partial charge < -0.3 is 10.0 Å². The Kier molecular flexibility index (Phi) is 7.20. The molecular formula is C29H32ClFN2O2. The van der Waals surface area contributed by atoms with Crippen molar-refractivity contribution in [1.29, 1.82) is 0 Å². The number of aromatic hydroxyl groups is 1. The number of nitrogens with zero attached hydrogens (tertiary/aromatic N) is 2. The number of likely N-dealkylation sites (tertiary alicyclic amines) is 1. The highest BCUT2D eigenvalue weighted by Gasteiger charge is 2.49. The molecule has 0 radical (unpaired) electrons. The lowest BCUT2D eigenvalue weighted by molar-refractivity contribution is -0.117. The van der Waals surface area contributed by atoms with Gasteiger partial charge in [-0.2, -0.15) is 0 Å². The number of anilines is 1. The third kappa shape index (κ3) is 4.80. The van der Waals surface area contributed by atoms with E-state index < -0.39 is 0 Å². The van der Waals surface area contributed by atoms with Crippen LogP contribution in [0.1, 0.15) is 43.7 Å². The van der Waals surface area contributed by atoms with Crippen molar-refractivity contribution in [2.24, 2.45) is 0 Å². The third-order valence-corrected chi connectivity index (χ3v) is 7.64. The van der Waals surface area contributed by atoms with E-state index in [0.717, 1.165) is 54.6 Å². The van der Waals surface area contributed by atoms with E-state index in [1.54, 1.807) is 12.1 Å². The van der Waals surface area contributed by atoms with Crippen molar-refractivity contribution in [3.63, 3.8) is 0 Å². The van der Waals surface area contributed by atoms with Crippen LogP contribution in [0, 0.1) is 12.7 Å². The summed E-state index contributed by atoms with van der Waals surface area (Å²) >= 11 is 0. The predicted octanol–water partition coefficient (Wildman–Crippen LogP) is 6.48. The first kappa shape index (κ1) is 25.2. The van der Waals surface area contributed by atoms with Gasteiger partial charge in [-0.1, -0.05) is 36.4 Å². The molecule has 4 nitrogen and oxygen atoms in total. The van der Waals surface area contributed by atoms with Gasteiger partial charge in [0.05, 0.1) is 5.54 Å². The van der Waals surface area contributed by atoms with E-state index in [2.05, 4.69) is 30.9 Å². The third-order valence-electron chi connectivity index (χ3n) is 7.64. The van der Waals surface area contributed by atoms with E-state index in [4.69, 9.17) is 0 Å². The number of amides is 1. The molecule has 2 heterocycles. The van der Waals surface area contributed by atoms with Crippen LogP contribution in [-0.2, 0) is 11.3 Å². The van der Waals surface area contributed by atoms with Crippen LogP contribution in [0.3, 0.4) is 0 Å². The van der Waals surface area contributed by atoms with Gasteiger partial charge in [-0.3, -0.25) is 9.69 Å². The molecule has 2 saturated heterocycles. The van der Waals surface area contributed by atoms with Gasteiger partial charge in [-0.15, -0.1) is 12.4 Å². The van der Waals surface area contributed by atoms with E-state index in [0.29, 0.717) is 17.9 Å². The second kappa shape index (κ2) is 10.00. The Morgan fingerprint density at radius 1 is 1.03 bits per heavy atom. The van der Waals surface area contributed by atoms with Crippen molar-refractivity contribution >= 4 is 24.0 Å². The molecule has 3 aromatic carbocycles. The molecule has 184 valence electrons. The highest BCUT2D eigenvalue weighted by Crippen LogP contribution is 2.44. The Hall–Kier alpha value is -2.89. The molecule has 0 unspecified atom stereocenters. The fraction of sp³-hybridized carbons (Fsp3) is 0.345. The van der Waals surface area contributed by atoms with Crippen LogP contribution >= 0.6 is 12.4 Å². The van der Waals surface area contributed by atoms with Crippen molar-refractivity contribution < 1.29 is 14.3 Å². The highest BCUT2D eigenvalue weighted by molar-refractivity contribution is 5.97. The molecule has 1 spiro atoms. The van der Waals surface area contributed by atoms with Crippen LogP contribution in [-0.4, -0.2) is 34.0 Å². The Bertz CT molecular complexity index is 1230. The maximum atomic E-state index is 13.9. The molecule has 5 rings (SSSR count). The lowest BCUT2D eigenvalue weighted by atomic mass is 9.81. The summed E-state index contributed by atoms with van der Waals surface area (Å²) in [7, 11) is 0. The summed E-state index contributed by atoms with van der Waals surface area (Å²) in [4.78, 5) is 17.2. The summed E-state index contributed by atoms with van der Waals surface area (Å²) in [5.74, 6) is 0.0705. The molecule has 35 heavy (non-hydrogen) atoms. The monoisotopic (exact) mass is 494 g/mol. The number of carbonyl (C=O) groups excluding carboxylic acids is 1. The largest absolute Gasteiger partial charge is 0.507 e. The Morgan fingerprint density at radius 3 is 2.57 bits per heavy atom. The van der Waals surface area contributed by atoms with Gasteiger partial charge in [0.15, 0.2) is 0 Å². The lowest BCUT2D eigenvalue weighted by Crippen LogP contribution is -2.56. The minimum atomic E-state index is -0.311. The zero-order valence-electron chi connectivity index (χ0n) is 20.2. The molecule has 3 aromatic rings. The zero-order valence-corrected chi connectivity index (χ0v) is 21.0. The molecule has 2 aliphatic rings. The molecule has 1 N–H and O–H groups in total. The number of rotatable bonds is 4. The van der Waals surface area contributed by atoms with Crippen molar-refractivity contribution in [3.8, 4) is 16.9 Å². The van der Waals surface area contributed by atoms with Gasteiger partial charge in [0.1, 0.15) is 11.6 Å². The number of carbonyl (C=O) groups is 1. The Morgan fingerprint density at radius 2 is 1.83 bits per heavy atom. The smallest absolute Gasteiger partial charge is 0.227 e. The second-order valence-corrected chi connectivity index (χ2v) is 9.87. The number of aryl methyl sites for hydroxylation is 1. The minimum Gasteiger partial charge on any atom is -0.507 e. The second-order valence-electron chi connectivity index (χ2n) is 9.87. The number of phenolic OH excluding ortho intramolecular Hbond substituents is 1. The molecule has 0 bridgehead atoms. The first-order valence-corrected chi connectivity index (χ1v) is 12.1. The Balaban J connectivity index is 0.00000289. The van der Waals surface area contributed by atoms with Crippen LogP contribution < -0.4 is 4.90 Å². The molecule has 2 fully saturated rings. The van der Waals surface area contributed by atoms with Gasteiger partial charge in [0.25, 0.3) is 0 Å². The van der Waals surface area contributed by atoms with Gasteiger partial charge in [0.2, 0.25) is 5.91 Å². The van der Waals surface area contributed by atoms with Gasteiger partial charge in [-0.05, 0) is 80.1 Å². The van der Waals surface area contributed by atoms with Crippen molar-refractivity contribution in [1.82, 2.24) is 4.90 Å². The SMILES string of the molecule is Cc1ccccc1-c1cc(CN2CC[C@]3(CCC(=O)N3c3cccc(F)c3)C[C@@H]2C)ccc1O.Cl. The summed E-state index contributed by atoms with van der Waals surface area (Å²) in [6.45, 7) is 5.92.